The summed E-state index contributed by atoms with van der Waals surface area (Å²) in [5, 5.41) is 7.98. The second-order valence-electron chi connectivity index (χ2n) is 4.31. The summed E-state index contributed by atoms with van der Waals surface area (Å²) in [4.78, 5) is 11.5. The third-order valence-corrected chi connectivity index (χ3v) is 2.97. The number of nitrogens with zero attached hydrogens (tertiary/aromatic N) is 3. The van der Waals surface area contributed by atoms with Gasteiger partial charge in [-0.3, -0.25) is 4.79 Å². The van der Waals surface area contributed by atoms with Crippen molar-refractivity contribution in [3.8, 4) is 5.75 Å². The second-order valence-corrected chi connectivity index (χ2v) is 4.69. The zero-order valence-corrected chi connectivity index (χ0v) is 12.0. The number of alkyl halides is 1. The number of hydrogen-bond donors (Lipinski definition) is 0. The Balaban J connectivity index is 1.91. The number of hydrogen-bond acceptors (Lipinski definition) is 4. The Bertz CT molecular complexity index is 583. The lowest BCUT2D eigenvalue weighted by Crippen LogP contribution is -2.10. The highest BCUT2D eigenvalue weighted by atomic mass is 35.5. The van der Waals surface area contributed by atoms with Gasteiger partial charge >= 0.3 is 0 Å². The van der Waals surface area contributed by atoms with Gasteiger partial charge in [-0.15, -0.1) is 16.7 Å². The molecule has 0 bridgehead atoms. The van der Waals surface area contributed by atoms with Gasteiger partial charge in [0.25, 0.3) is 0 Å². The van der Waals surface area contributed by atoms with Crippen LogP contribution in [0.4, 0.5) is 0 Å². The number of aromatic nitrogens is 3. The fraction of sp³-hybridized carbons (Fsp3) is 0.357. The molecule has 0 N–H and O–H groups in total. The van der Waals surface area contributed by atoms with Crippen LogP contribution in [0.5, 0.6) is 5.75 Å². The number of aryl methyl sites for hydroxylation is 1. The molecule has 2 aromatic rings. The summed E-state index contributed by atoms with van der Waals surface area (Å²) >= 11 is 5.64. The molecule has 1 aromatic carbocycles. The van der Waals surface area contributed by atoms with Gasteiger partial charge in [-0.1, -0.05) is 17.3 Å². The number of benzene rings is 1. The van der Waals surface area contributed by atoms with Gasteiger partial charge in [0.05, 0.1) is 17.8 Å². The van der Waals surface area contributed by atoms with Crippen LogP contribution in [0.15, 0.2) is 30.5 Å². The molecule has 0 saturated carbocycles. The van der Waals surface area contributed by atoms with Gasteiger partial charge in [0, 0.05) is 18.5 Å². The number of rotatable bonds is 7. The van der Waals surface area contributed by atoms with E-state index in [0.717, 1.165) is 5.69 Å². The standard InChI is InChI=1S/C14H16ClN3O2/c1-11(19)13-4-2-3-5-14(13)20-9-8-18-10-12(6-7-15)16-17-18/h2-5,10H,6-9H2,1H3. The Labute approximate surface area is 122 Å². The molecule has 0 aliphatic carbocycles. The SMILES string of the molecule is CC(=O)c1ccccc1OCCn1cc(CCCl)nn1. The number of ketones is 1. The minimum atomic E-state index is -0.00856. The molecule has 6 heteroatoms. The van der Waals surface area contributed by atoms with Gasteiger partial charge in [0.15, 0.2) is 5.78 Å². The molecule has 0 fully saturated rings. The van der Waals surface area contributed by atoms with Crippen molar-refractivity contribution in [2.75, 3.05) is 12.5 Å². The highest BCUT2D eigenvalue weighted by Crippen LogP contribution is 2.18. The summed E-state index contributed by atoms with van der Waals surface area (Å²) < 4.78 is 7.34. The van der Waals surface area contributed by atoms with Crippen molar-refractivity contribution >= 4 is 17.4 Å². The molecule has 0 unspecified atom stereocenters. The van der Waals surface area contributed by atoms with Gasteiger partial charge in [0.1, 0.15) is 12.4 Å². The predicted octanol–water partition coefficient (Wildman–Crippen LogP) is 2.34. The van der Waals surface area contributed by atoms with Crippen molar-refractivity contribution in [1.82, 2.24) is 15.0 Å². The molecular formula is C14H16ClN3O2. The van der Waals surface area contributed by atoms with Gasteiger partial charge in [0.2, 0.25) is 0 Å². The monoisotopic (exact) mass is 293 g/mol. The lowest BCUT2D eigenvalue weighted by atomic mass is 10.1. The van der Waals surface area contributed by atoms with Crippen LogP contribution in [0.1, 0.15) is 23.0 Å². The van der Waals surface area contributed by atoms with Crippen LogP contribution in [-0.4, -0.2) is 33.3 Å². The maximum atomic E-state index is 11.5. The number of carbonyl (C=O) groups excluding carboxylic acids is 1. The molecule has 106 valence electrons. The normalized spacial score (nSPS) is 10.5. The van der Waals surface area contributed by atoms with Gasteiger partial charge in [-0.25, -0.2) is 4.68 Å². The van der Waals surface area contributed by atoms with Crippen LogP contribution in [0.25, 0.3) is 0 Å². The topological polar surface area (TPSA) is 57.0 Å². The van der Waals surface area contributed by atoms with Crippen LogP contribution >= 0.6 is 11.6 Å². The van der Waals surface area contributed by atoms with Gasteiger partial charge < -0.3 is 4.74 Å². The van der Waals surface area contributed by atoms with Gasteiger partial charge in [-0.2, -0.15) is 0 Å². The van der Waals surface area contributed by atoms with Gasteiger partial charge in [-0.05, 0) is 19.1 Å². The Morgan fingerprint density at radius 3 is 2.95 bits per heavy atom. The van der Waals surface area contributed by atoms with E-state index in [1.54, 1.807) is 16.8 Å². The zero-order valence-electron chi connectivity index (χ0n) is 11.3. The Morgan fingerprint density at radius 1 is 1.40 bits per heavy atom. The van der Waals surface area contributed by atoms with Crippen LogP contribution in [0.2, 0.25) is 0 Å². The number of carbonyl (C=O) groups is 1. The van der Waals surface area contributed by atoms with E-state index in [9.17, 15) is 4.79 Å². The first-order chi connectivity index (χ1) is 9.70. The smallest absolute Gasteiger partial charge is 0.163 e. The van der Waals surface area contributed by atoms with Crippen LogP contribution < -0.4 is 4.74 Å². The third-order valence-electron chi connectivity index (χ3n) is 2.78. The number of Topliss-reactive ketones (excluding diaryl/α,β-unsaturated/α-hetero) is 1. The number of para-hydroxylation sites is 1. The summed E-state index contributed by atoms with van der Waals surface area (Å²) in [5.41, 5.74) is 1.46. The Morgan fingerprint density at radius 2 is 2.20 bits per heavy atom. The Hall–Kier alpha value is -1.88. The molecule has 1 aromatic heterocycles. The molecule has 2 rings (SSSR count). The van der Waals surface area contributed by atoms with Crippen molar-refractivity contribution in [2.24, 2.45) is 0 Å². The lowest BCUT2D eigenvalue weighted by Gasteiger charge is -2.09. The van der Waals surface area contributed by atoms with Crippen molar-refractivity contribution in [3.05, 3.63) is 41.7 Å². The van der Waals surface area contributed by atoms with Crippen molar-refractivity contribution in [1.29, 1.82) is 0 Å². The minimum absolute atomic E-state index is 0.00856. The van der Waals surface area contributed by atoms with Crippen molar-refractivity contribution < 1.29 is 9.53 Å². The molecule has 0 aliphatic rings. The fourth-order valence-corrected chi connectivity index (χ4v) is 1.99. The molecule has 0 radical (unpaired) electrons. The van der Waals surface area contributed by atoms with E-state index in [4.69, 9.17) is 16.3 Å². The maximum absolute atomic E-state index is 11.5. The molecule has 5 nitrogen and oxygen atoms in total. The van der Waals surface area contributed by atoms with E-state index in [2.05, 4.69) is 10.3 Å². The molecule has 20 heavy (non-hydrogen) atoms. The molecule has 0 amide bonds. The average molecular weight is 294 g/mol. The van der Waals surface area contributed by atoms with E-state index >= 15 is 0 Å². The first kappa shape index (κ1) is 14.5. The summed E-state index contributed by atoms with van der Waals surface area (Å²) in [6.45, 7) is 2.52. The summed E-state index contributed by atoms with van der Waals surface area (Å²) in [6.07, 6.45) is 2.55. The predicted molar refractivity (Wildman–Crippen MR) is 76.4 cm³/mol. The molecule has 0 spiro atoms. The first-order valence-corrected chi connectivity index (χ1v) is 6.92. The first-order valence-electron chi connectivity index (χ1n) is 6.38. The van der Waals surface area contributed by atoms with E-state index in [0.29, 0.717) is 36.8 Å². The third kappa shape index (κ3) is 3.81. The van der Waals surface area contributed by atoms with E-state index < -0.39 is 0 Å². The van der Waals surface area contributed by atoms with Crippen molar-refractivity contribution in [3.63, 3.8) is 0 Å². The number of halogens is 1. The largest absolute Gasteiger partial charge is 0.491 e. The highest BCUT2D eigenvalue weighted by molar-refractivity contribution is 6.17. The summed E-state index contributed by atoms with van der Waals surface area (Å²) in [5.74, 6) is 1.12. The molecule has 0 aliphatic heterocycles. The lowest BCUT2D eigenvalue weighted by molar-refractivity contribution is 0.101. The van der Waals surface area contributed by atoms with E-state index in [1.807, 2.05) is 18.3 Å². The van der Waals surface area contributed by atoms with E-state index in [1.165, 1.54) is 6.92 Å². The van der Waals surface area contributed by atoms with Crippen molar-refractivity contribution in [2.45, 2.75) is 19.9 Å². The Kier molecular flexibility index (Phi) is 5.12. The summed E-state index contributed by atoms with van der Waals surface area (Å²) in [7, 11) is 0. The molecule has 1 heterocycles. The average Bonchev–Trinajstić information content (AvgIpc) is 2.87. The van der Waals surface area contributed by atoms with E-state index in [-0.39, 0.29) is 5.78 Å². The maximum Gasteiger partial charge on any atom is 0.163 e. The highest BCUT2D eigenvalue weighted by Gasteiger charge is 2.07. The van der Waals surface area contributed by atoms with Crippen LogP contribution in [0.3, 0.4) is 0 Å². The zero-order chi connectivity index (χ0) is 14.4. The fourth-order valence-electron chi connectivity index (χ4n) is 1.79. The second kappa shape index (κ2) is 7.05. The molecule has 0 atom stereocenters. The quantitative estimate of drug-likeness (QED) is 0.581. The summed E-state index contributed by atoms with van der Waals surface area (Å²) in [6, 6.07) is 7.21. The molecule has 0 saturated heterocycles. The minimum Gasteiger partial charge on any atom is -0.491 e. The molecular weight excluding hydrogens is 278 g/mol. The van der Waals surface area contributed by atoms with Crippen LogP contribution in [-0.2, 0) is 13.0 Å². The number of ether oxygens (including phenoxy) is 1. The van der Waals surface area contributed by atoms with Crippen LogP contribution in [0, 0.1) is 0 Å².